The van der Waals surface area contributed by atoms with Crippen molar-refractivity contribution in [1.29, 1.82) is 0 Å². The largest absolute Gasteiger partial charge is 0.482 e. The average molecular weight is 349 g/mol. The molecule has 0 saturated carbocycles. The molecule has 0 radical (unpaired) electrons. The molecule has 2 aromatic rings. The van der Waals surface area contributed by atoms with E-state index in [-0.39, 0.29) is 36.7 Å². The van der Waals surface area contributed by atoms with Crippen LogP contribution in [-0.2, 0) is 16.1 Å². The average Bonchev–Trinajstić information content (AvgIpc) is 2.59. The third kappa shape index (κ3) is 3.49. The molecule has 0 atom stereocenters. The molecule has 0 bridgehead atoms. The van der Waals surface area contributed by atoms with Crippen molar-refractivity contribution in [1.82, 2.24) is 0 Å². The van der Waals surface area contributed by atoms with Gasteiger partial charge >= 0.3 is 0 Å². The van der Waals surface area contributed by atoms with Gasteiger partial charge in [0, 0.05) is 5.69 Å². The summed E-state index contributed by atoms with van der Waals surface area (Å²) in [7, 11) is 0. The lowest BCUT2D eigenvalue weighted by Crippen LogP contribution is -2.38. The summed E-state index contributed by atoms with van der Waals surface area (Å²) in [4.78, 5) is 25.2. The van der Waals surface area contributed by atoms with Gasteiger partial charge in [-0.2, -0.15) is 0 Å². The van der Waals surface area contributed by atoms with Gasteiger partial charge in [0.15, 0.2) is 6.61 Å². The molecule has 3 rings (SSSR count). The van der Waals surface area contributed by atoms with Gasteiger partial charge in [-0.05, 0) is 35.9 Å². The van der Waals surface area contributed by atoms with Gasteiger partial charge in [-0.15, -0.1) is 11.6 Å². The van der Waals surface area contributed by atoms with Crippen LogP contribution in [0.4, 0.5) is 15.8 Å². The zero-order valence-electron chi connectivity index (χ0n) is 12.6. The van der Waals surface area contributed by atoms with E-state index < -0.39 is 0 Å². The third-order valence-electron chi connectivity index (χ3n) is 3.56. The van der Waals surface area contributed by atoms with Crippen molar-refractivity contribution < 1.29 is 18.7 Å². The third-order valence-corrected chi connectivity index (χ3v) is 3.80. The van der Waals surface area contributed by atoms with Crippen molar-refractivity contribution >= 4 is 34.8 Å². The van der Waals surface area contributed by atoms with Gasteiger partial charge in [0.25, 0.3) is 5.91 Å². The molecule has 24 heavy (non-hydrogen) atoms. The highest BCUT2D eigenvalue weighted by Crippen LogP contribution is 2.35. The highest BCUT2D eigenvalue weighted by atomic mass is 35.5. The number of carbonyl (C=O) groups is 2. The summed E-state index contributed by atoms with van der Waals surface area (Å²) in [6, 6.07) is 10.9. The molecule has 1 N–H and O–H groups in total. The van der Waals surface area contributed by atoms with Crippen molar-refractivity contribution in [2.45, 2.75) is 6.54 Å². The van der Waals surface area contributed by atoms with Crippen molar-refractivity contribution in [3.05, 3.63) is 53.8 Å². The van der Waals surface area contributed by atoms with Gasteiger partial charge < -0.3 is 15.0 Å². The maximum Gasteiger partial charge on any atom is 0.265 e. The Hall–Kier alpha value is -2.60. The number of halogens is 2. The van der Waals surface area contributed by atoms with Crippen LogP contribution in [0.1, 0.15) is 5.56 Å². The van der Waals surface area contributed by atoms with Gasteiger partial charge in [-0.1, -0.05) is 12.1 Å². The Morgan fingerprint density at radius 3 is 2.71 bits per heavy atom. The number of carbonyl (C=O) groups excluding carboxylic acids is 2. The summed E-state index contributed by atoms with van der Waals surface area (Å²) < 4.78 is 18.5. The van der Waals surface area contributed by atoms with E-state index in [1.807, 2.05) is 0 Å². The van der Waals surface area contributed by atoms with Crippen LogP contribution in [0.25, 0.3) is 0 Å². The topological polar surface area (TPSA) is 58.6 Å². The first-order valence-electron chi connectivity index (χ1n) is 7.24. The van der Waals surface area contributed by atoms with Gasteiger partial charge in [-0.3, -0.25) is 9.59 Å². The molecule has 0 aromatic heterocycles. The van der Waals surface area contributed by atoms with E-state index in [9.17, 15) is 14.0 Å². The van der Waals surface area contributed by atoms with E-state index in [1.165, 1.54) is 12.1 Å². The Morgan fingerprint density at radius 1 is 1.25 bits per heavy atom. The number of hydrogen-bond acceptors (Lipinski definition) is 3. The predicted octanol–water partition coefficient (Wildman–Crippen LogP) is 2.93. The van der Waals surface area contributed by atoms with Gasteiger partial charge in [-0.25, -0.2) is 4.39 Å². The van der Waals surface area contributed by atoms with Gasteiger partial charge in [0.2, 0.25) is 5.91 Å². The molecule has 2 amide bonds. The number of nitrogens with one attached hydrogen (secondary N) is 1. The van der Waals surface area contributed by atoms with Crippen LogP contribution in [0.15, 0.2) is 42.5 Å². The normalized spacial score (nSPS) is 13.2. The van der Waals surface area contributed by atoms with E-state index in [0.717, 1.165) is 5.56 Å². The predicted molar refractivity (Wildman–Crippen MR) is 88.9 cm³/mol. The second-order valence-electron chi connectivity index (χ2n) is 5.26. The minimum absolute atomic E-state index is 0.0679. The zero-order chi connectivity index (χ0) is 17.1. The molecule has 0 fully saturated rings. The summed E-state index contributed by atoms with van der Waals surface area (Å²) >= 11 is 5.49. The Kier molecular flexibility index (Phi) is 4.66. The van der Waals surface area contributed by atoms with E-state index in [4.69, 9.17) is 16.3 Å². The Bertz CT molecular complexity index is 780. The standard InChI is InChI=1S/C17H14ClFN2O3/c18-8-16(22)20-13-5-6-15-14(7-13)21(17(23)10-24-15)9-11-1-3-12(19)4-2-11/h1-7H,8-10H2,(H,20,22). The molecule has 5 nitrogen and oxygen atoms in total. The maximum absolute atomic E-state index is 13.0. The highest BCUT2D eigenvalue weighted by Gasteiger charge is 2.26. The molecule has 0 unspecified atom stereocenters. The molecule has 1 aliphatic heterocycles. The summed E-state index contributed by atoms with van der Waals surface area (Å²) in [6.07, 6.45) is 0. The van der Waals surface area contributed by atoms with Gasteiger partial charge in [0.1, 0.15) is 17.4 Å². The van der Waals surface area contributed by atoms with Gasteiger partial charge in [0.05, 0.1) is 12.2 Å². The van der Waals surface area contributed by atoms with Crippen LogP contribution >= 0.6 is 11.6 Å². The van der Waals surface area contributed by atoms with Crippen LogP contribution in [0, 0.1) is 5.82 Å². The molecule has 0 aliphatic carbocycles. The maximum atomic E-state index is 13.0. The number of amides is 2. The molecule has 1 heterocycles. The lowest BCUT2D eigenvalue weighted by Gasteiger charge is -2.30. The molecule has 1 aliphatic rings. The zero-order valence-corrected chi connectivity index (χ0v) is 13.3. The number of alkyl halides is 1. The van der Waals surface area contributed by atoms with Crippen molar-refractivity contribution in [2.75, 3.05) is 22.7 Å². The summed E-state index contributed by atoms with van der Waals surface area (Å²) in [6.45, 7) is 0.212. The molecule has 0 spiro atoms. The number of ether oxygens (including phenoxy) is 1. The number of fused-ring (bicyclic) bond motifs is 1. The number of anilines is 2. The molecule has 124 valence electrons. The quantitative estimate of drug-likeness (QED) is 0.864. The number of nitrogens with zero attached hydrogens (tertiary/aromatic N) is 1. The first-order chi connectivity index (χ1) is 11.6. The van der Waals surface area contributed by atoms with E-state index in [0.29, 0.717) is 17.1 Å². The summed E-state index contributed by atoms with van der Waals surface area (Å²) in [5.74, 6) is -0.511. The van der Waals surface area contributed by atoms with Crippen molar-refractivity contribution in [2.24, 2.45) is 0 Å². The van der Waals surface area contributed by atoms with E-state index >= 15 is 0 Å². The van der Waals surface area contributed by atoms with E-state index in [2.05, 4.69) is 5.32 Å². The lowest BCUT2D eigenvalue weighted by molar-refractivity contribution is -0.121. The molecule has 7 heteroatoms. The fraction of sp³-hybridized carbons (Fsp3) is 0.176. The second-order valence-corrected chi connectivity index (χ2v) is 5.53. The lowest BCUT2D eigenvalue weighted by atomic mass is 10.1. The highest BCUT2D eigenvalue weighted by molar-refractivity contribution is 6.29. The summed E-state index contributed by atoms with van der Waals surface area (Å²) in [5, 5.41) is 2.63. The molecular formula is C17H14ClFN2O3. The molecular weight excluding hydrogens is 335 g/mol. The molecule has 2 aromatic carbocycles. The number of benzene rings is 2. The van der Waals surface area contributed by atoms with Crippen LogP contribution in [-0.4, -0.2) is 24.3 Å². The van der Waals surface area contributed by atoms with Crippen molar-refractivity contribution in [3.8, 4) is 5.75 Å². The van der Waals surface area contributed by atoms with Crippen LogP contribution < -0.4 is 15.0 Å². The van der Waals surface area contributed by atoms with Crippen LogP contribution in [0.2, 0.25) is 0 Å². The number of hydrogen-bond donors (Lipinski definition) is 1. The minimum atomic E-state index is -0.343. The Morgan fingerprint density at radius 2 is 2.00 bits per heavy atom. The first-order valence-corrected chi connectivity index (χ1v) is 7.78. The smallest absolute Gasteiger partial charge is 0.265 e. The van der Waals surface area contributed by atoms with Crippen molar-refractivity contribution in [3.63, 3.8) is 0 Å². The first kappa shape index (κ1) is 16.3. The SMILES string of the molecule is O=C(CCl)Nc1ccc2c(c1)N(Cc1ccc(F)cc1)C(=O)CO2. The van der Waals surface area contributed by atoms with E-state index in [1.54, 1.807) is 35.2 Å². The van der Waals surface area contributed by atoms with Crippen LogP contribution in [0.5, 0.6) is 5.75 Å². The minimum Gasteiger partial charge on any atom is -0.482 e. The van der Waals surface area contributed by atoms with Crippen LogP contribution in [0.3, 0.4) is 0 Å². The Balaban J connectivity index is 1.90. The fourth-order valence-corrected chi connectivity index (χ4v) is 2.49. The second kappa shape index (κ2) is 6.88. The fourth-order valence-electron chi connectivity index (χ4n) is 2.42. The number of rotatable bonds is 4. The monoisotopic (exact) mass is 348 g/mol. The summed E-state index contributed by atoms with van der Waals surface area (Å²) in [5.41, 5.74) is 1.84. The molecule has 0 saturated heterocycles. The Labute approximate surface area is 143 Å².